The van der Waals surface area contributed by atoms with Crippen molar-refractivity contribution < 1.29 is 10.0 Å². The van der Waals surface area contributed by atoms with Gasteiger partial charge in [0.05, 0.1) is 17.1 Å². The molecule has 1 aromatic carbocycles. The van der Waals surface area contributed by atoms with Gasteiger partial charge in [-0.2, -0.15) is 0 Å². The van der Waals surface area contributed by atoms with E-state index in [0.717, 1.165) is 34.9 Å². The molecule has 0 bridgehead atoms. The van der Waals surface area contributed by atoms with Gasteiger partial charge >= 0.3 is 0 Å². The second-order valence-corrected chi connectivity index (χ2v) is 5.85. The number of non-ortho nitro benzene ring substituents is 1. The lowest BCUT2D eigenvalue weighted by Crippen LogP contribution is -2.39. The second kappa shape index (κ2) is 5.40. The van der Waals surface area contributed by atoms with E-state index in [2.05, 4.69) is 27.9 Å². The molecule has 5 nitrogen and oxygen atoms in total. The highest BCUT2D eigenvalue weighted by Crippen LogP contribution is 2.34. The van der Waals surface area contributed by atoms with Gasteiger partial charge in [0.25, 0.3) is 5.69 Å². The van der Waals surface area contributed by atoms with Crippen molar-refractivity contribution in [2.75, 3.05) is 11.9 Å². The predicted octanol–water partition coefficient (Wildman–Crippen LogP) is 2.92. The summed E-state index contributed by atoms with van der Waals surface area (Å²) in [7, 11) is 0. The molecule has 2 N–H and O–H groups in total. The number of aliphatic hydroxyl groups is 1. The molecule has 1 saturated carbocycles. The van der Waals surface area contributed by atoms with E-state index in [1.54, 1.807) is 12.1 Å². The highest BCUT2D eigenvalue weighted by Gasteiger charge is 2.33. The smallest absolute Gasteiger partial charge is 0.270 e. The molecule has 0 amide bonds. The molecule has 0 aromatic heterocycles. The second-order valence-electron chi connectivity index (χ2n) is 4.69. The number of hydrogen-bond donors (Lipinski definition) is 2. The Morgan fingerprint density at radius 2 is 2.11 bits per heavy atom. The maximum Gasteiger partial charge on any atom is 0.270 e. The van der Waals surface area contributed by atoms with Crippen molar-refractivity contribution in [3.63, 3.8) is 0 Å². The van der Waals surface area contributed by atoms with Crippen molar-refractivity contribution in [1.29, 1.82) is 0 Å². The van der Waals surface area contributed by atoms with Crippen LogP contribution in [0.1, 0.15) is 25.7 Å². The number of nitrogens with zero attached hydrogens (tertiary/aromatic N) is 1. The summed E-state index contributed by atoms with van der Waals surface area (Å²) in [6.07, 6.45) is 4.10. The molecule has 1 aliphatic carbocycles. The Morgan fingerprint density at radius 3 is 2.61 bits per heavy atom. The molecule has 0 atom stereocenters. The molecule has 0 saturated heterocycles. The van der Waals surface area contributed by atoms with Crippen LogP contribution >= 0.6 is 22.6 Å². The van der Waals surface area contributed by atoms with Crippen LogP contribution in [0.4, 0.5) is 11.4 Å². The van der Waals surface area contributed by atoms with Crippen molar-refractivity contribution in [3.05, 3.63) is 31.9 Å². The third-order valence-corrected chi connectivity index (χ3v) is 4.32. The van der Waals surface area contributed by atoms with Gasteiger partial charge in [0.1, 0.15) is 0 Å². The Morgan fingerprint density at radius 1 is 1.44 bits per heavy atom. The number of rotatable bonds is 4. The SMILES string of the molecule is O=[N+]([O-])c1ccc(NC2(CO)CCCC2)c(I)c1. The van der Waals surface area contributed by atoms with Crippen LogP contribution in [0.25, 0.3) is 0 Å². The highest BCUT2D eigenvalue weighted by atomic mass is 127. The fraction of sp³-hybridized carbons (Fsp3) is 0.500. The van der Waals surface area contributed by atoms with E-state index >= 15 is 0 Å². The van der Waals surface area contributed by atoms with Crippen molar-refractivity contribution in [1.82, 2.24) is 0 Å². The first-order chi connectivity index (χ1) is 8.56. The first-order valence-electron chi connectivity index (χ1n) is 5.89. The van der Waals surface area contributed by atoms with Gasteiger partial charge in [-0.1, -0.05) is 12.8 Å². The number of nitro groups is 1. The lowest BCUT2D eigenvalue weighted by atomic mass is 9.98. The quantitative estimate of drug-likeness (QED) is 0.491. The van der Waals surface area contributed by atoms with Gasteiger partial charge < -0.3 is 10.4 Å². The Hall–Kier alpha value is -0.890. The molecule has 6 heteroatoms. The van der Waals surface area contributed by atoms with E-state index < -0.39 is 4.92 Å². The average Bonchev–Trinajstić information content (AvgIpc) is 2.81. The van der Waals surface area contributed by atoms with Crippen LogP contribution in [0.2, 0.25) is 0 Å². The minimum absolute atomic E-state index is 0.0921. The largest absolute Gasteiger partial charge is 0.394 e. The minimum Gasteiger partial charge on any atom is -0.394 e. The number of aliphatic hydroxyl groups excluding tert-OH is 1. The van der Waals surface area contributed by atoms with E-state index in [1.807, 2.05) is 0 Å². The van der Waals surface area contributed by atoms with Crippen LogP contribution in [0, 0.1) is 13.7 Å². The molecule has 98 valence electrons. The third-order valence-electron chi connectivity index (χ3n) is 3.43. The number of hydrogen-bond acceptors (Lipinski definition) is 4. The summed E-state index contributed by atoms with van der Waals surface area (Å²) in [5.74, 6) is 0. The van der Waals surface area contributed by atoms with Crippen LogP contribution in [0.15, 0.2) is 18.2 Å². The molecule has 2 rings (SSSR count). The Balaban J connectivity index is 2.21. The van der Waals surface area contributed by atoms with Gasteiger partial charge in [0.2, 0.25) is 0 Å². The first-order valence-corrected chi connectivity index (χ1v) is 6.97. The fourth-order valence-corrected chi connectivity index (χ4v) is 3.01. The van der Waals surface area contributed by atoms with Crippen LogP contribution < -0.4 is 5.32 Å². The predicted molar refractivity (Wildman–Crippen MR) is 77.7 cm³/mol. The standard InChI is InChI=1S/C12H15IN2O3/c13-10-7-9(15(17)18)3-4-11(10)14-12(8-16)5-1-2-6-12/h3-4,7,14,16H,1-2,5-6,8H2. The lowest BCUT2D eigenvalue weighted by Gasteiger charge is -2.29. The molecule has 0 heterocycles. The number of halogens is 1. The molecule has 1 aromatic rings. The third kappa shape index (κ3) is 2.74. The summed E-state index contributed by atoms with van der Waals surface area (Å²) in [5, 5.41) is 23.6. The molecule has 18 heavy (non-hydrogen) atoms. The zero-order chi connectivity index (χ0) is 13.2. The van der Waals surface area contributed by atoms with Gasteiger partial charge in [0.15, 0.2) is 0 Å². The zero-order valence-corrected chi connectivity index (χ0v) is 12.0. The molecule has 0 unspecified atom stereocenters. The van der Waals surface area contributed by atoms with E-state index in [9.17, 15) is 15.2 Å². The van der Waals surface area contributed by atoms with Gasteiger partial charge in [0, 0.05) is 21.4 Å². The number of anilines is 1. The Kier molecular flexibility index (Phi) is 4.06. The van der Waals surface area contributed by atoms with E-state index in [0.29, 0.717) is 0 Å². The van der Waals surface area contributed by atoms with Gasteiger partial charge in [-0.15, -0.1) is 0 Å². The van der Waals surface area contributed by atoms with Crippen molar-refractivity contribution >= 4 is 34.0 Å². The Labute approximate surface area is 119 Å². The van der Waals surface area contributed by atoms with Crippen molar-refractivity contribution in [2.45, 2.75) is 31.2 Å². The van der Waals surface area contributed by atoms with E-state index in [-0.39, 0.29) is 17.8 Å². The summed E-state index contributed by atoms with van der Waals surface area (Å²) in [6.45, 7) is 0.0973. The molecular weight excluding hydrogens is 347 g/mol. The number of benzene rings is 1. The molecule has 0 spiro atoms. The monoisotopic (exact) mass is 362 g/mol. The van der Waals surface area contributed by atoms with Gasteiger partial charge in [-0.3, -0.25) is 10.1 Å². The molecule has 1 fully saturated rings. The van der Waals surface area contributed by atoms with E-state index in [4.69, 9.17) is 0 Å². The summed E-state index contributed by atoms with van der Waals surface area (Å²) >= 11 is 2.08. The van der Waals surface area contributed by atoms with Crippen molar-refractivity contribution in [3.8, 4) is 0 Å². The number of nitro benzene ring substituents is 1. The van der Waals surface area contributed by atoms with E-state index in [1.165, 1.54) is 6.07 Å². The highest BCUT2D eigenvalue weighted by molar-refractivity contribution is 14.1. The summed E-state index contributed by atoms with van der Waals surface area (Å²) in [4.78, 5) is 10.3. The van der Waals surface area contributed by atoms with Crippen LogP contribution in [-0.4, -0.2) is 22.2 Å². The molecular formula is C12H15IN2O3. The van der Waals surface area contributed by atoms with Crippen LogP contribution in [0.3, 0.4) is 0 Å². The topological polar surface area (TPSA) is 75.4 Å². The lowest BCUT2D eigenvalue weighted by molar-refractivity contribution is -0.384. The molecule has 1 aliphatic rings. The van der Waals surface area contributed by atoms with Crippen LogP contribution in [0.5, 0.6) is 0 Å². The fourth-order valence-electron chi connectivity index (χ4n) is 2.38. The average molecular weight is 362 g/mol. The maximum atomic E-state index is 10.7. The van der Waals surface area contributed by atoms with Crippen LogP contribution in [-0.2, 0) is 0 Å². The maximum absolute atomic E-state index is 10.7. The molecule has 0 aliphatic heterocycles. The minimum atomic E-state index is -0.399. The normalized spacial score (nSPS) is 17.7. The zero-order valence-electron chi connectivity index (χ0n) is 9.86. The summed E-state index contributed by atoms with van der Waals surface area (Å²) in [5.41, 5.74) is 0.697. The summed E-state index contributed by atoms with van der Waals surface area (Å²) in [6, 6.07) is 4.75. The first kappa shape index (κ1) is 13.5. The molecule has 0 radical (unpaired) electrons. The van der Waals surface area contributed by atoms with Gasteiger partial charge in [-0.25, -0.2) is 0 Å². The van der Waals surface area contributed by atoms with Crippen molar-refractivity contribution in [2.24, 2.45) is 0 Å². The van der Waals surface area contributed by atoms with Gasteiger partial charge in [-0.05, 0) is 41.5 Å². The Bertz CT molecular complexity index is 459. The summed E-state index contributed by atoms with van der Waals surface area (Å²) < 4.78 is 0.807. The number of nitrogens with one attached hydrogen (secondary N) is 1.